The predicted molar refractivity (Wildman–Crippen MR) is 76.0 cm³/mol. The molecular formula is C15H25N3O. The molecule has 1 fully saturated rings. The van der Waals surface area contributed by atoms with Gasteiger partial charge in [0.1, 0.15) is 5.78 Å². The van der Waals surface area contributed by atoms with Gasteiger partial charge in [-0.05, 0) is 50.3 Å². The molecule has 2 unspecified atom stereocenters. The van der Waals surface area contributed by atoms with E-state index in [1.165, 1.54) is 12.8 Å². The number of hydrogen-bond donors (Lipinski definition) is 1. The van der Waals surface area contributed by atoms with E-state index in [1.807, 2.05) is 17.1 Å². The molecule has 1 aromatic rings. The van der Waals surface area contributed by atoms with Crippen LogP contribution < -0.4 is 5.32 Å². The van der Waals surface area contributed by atoms with Gasteiger partial charge in [0.15, 0.2) is 0 Å². The summed E-state index contributed by atoms with van der Waals surface area (Å²) in [5, 5.41) is 7.64. The van der Waals surface area contributed by atoms with E-state index in [2.05, 4.69) is 24.3 Å². The summed E-state index contributed by atoms with van der Waals surface area (Å²) in [6.45, 7) is 7.33. The Hall–Kier alpha value is -1.16. The fourth-order valence-corrected chi connectivity index (χ4v) is 2.86. The molecule has 0 bridgehead atoms. The Kier molecular flexibility index (Phi) is 5.14. The van der Waals surface area contributed by atoms with Crippen molar-refractivity contribution in [2.75, 3.05) is 13.1 Å². The summed E-state index contributed by atoms with van der Waals surface area (Å²) in [5.74, 6) is 1.49. The summed E-state index contributed by atoms with van der Waals surface area (Å²) >= 11 is 0. The minimum absolute atomic E-state index is 0.341. The number of nitrogens with zero attached hydrogens (tertiary/aromatic N) is 2. The zero-order valence-electron chi connectivity index (χ0n) is 12.1. The van der Waals surface area contributed by atoms with Crippen LogP contribution >= 0.6 is 0 Å². The number of rotatable bonds is 6. The Bertz CT molecular complexity index is 407. The maximum absolute atomic E-state index is 12.1. The normalized spacial score (nSPS) is 21.3. The smallest absolute Gasteiger partial charge is 0.137 e. The largest absolute Gasteiger partial charge is 0.316 e. The number of aromatic nitrogens is 2. The number of piperidine rings is 1. The summed E-state index contributed by atoms with van der Waals surface area (Å²) in [5.41, 5.74) is 1.04. The van der Waals surface area contributed by atoms with E-state index < -0.39 is 0 Å². The highest BCUT2D eigenvalue weighted by molar-refractivity contribution is 5.80. The first-order valence-electron chi connectivity index (χ1n) is 7.42. The molecule has 0 aromatic carbocycles. The average molecular weight is 263 g/mol. The molecule has 1 aliphatic rings. The van der Waals surface area contributed by atoms with Crippen molar-refractivity contribution in [3.8, 4) is 0 Å². The maximum Gasteiger partial charge on any atom is 0.137 e. The van der Waals surface area contributed by atoms with Crippen LogP contribution in [0.15, 0.2) is 12.4 Å². The first kappa shape index (κ1) is 14.3. The zero-order chi connectivity index (χ0) is 13.7. The van der Waals surface area contributed by atoms with Crippen molar-refractivity contribution in [2.24, 2.45) is 11.8 Å². The lowest BCUT2D eigenvalue weighted by Crippen LogP contribution is -2.34. The summed E-state index contributed by atoms with van der Waals surface area (Å²) in [6, 6.07) is 0. The lowest BCUT2D eigenvalue weighted by Gasteiger charge is -2.27. The predicted octanol–water partition coefficient (Wildman–Crippen LogP) is 2.04. The van der Waals surface area contributed by atoms with Gasteiger partial charge in [0.2, 0.25) is 0 Å². The number of ketones is 1. The highest BCUT2D eigenvalue weighted by Crippen LogP contribution is 2.23. The highest BCUT2D eigenvalue weighted by atomic mass is 16.1. The molecule has 0 amide bonds. The monoisotopic (exact) mass is 263 g/mol. The molecule has 1 saturated heterocycles. The average Bonchev–Trinajstić information content (AvgIpc) is 2.87. The summed E-state index contributed by atoms with van der Waals surface area (Å²) < 4.78 is 1.87. The van der Waals surface area contributed by atoms with Crippen LogP contribution in [0.2, 0.25) is 0 Å². The second kappa shape index (κ2) is 6.85. The van der Waals surface area contributed by atoms with E-state index >= 15 is 0 Å². The molecule has 1 N–H and O–H groups in total. The van der Waals surface area contributed by atoms with E-state index in [0.717, 1.165) is 25.2 Å². The van der Waals surface area contributed by atoms with Gasteiger partial charge in [-0.2, -0.15) is 5.10 Å². The molecule has 2 rings (SSSR count). The third-order valence-electron chi connectivity index (χ3n) is 4.10. The van der Waals surface area contributed by atoms with Crippen LogP contribution in [0.3, 0.4) is 0 Å². The molecule has 106 valence electrons. The van der Waals surface area contributed by atoms with Crippen LogP contribution in [0.5, 0.6) is 0 Å². The first-order valence-corrected chi connectivity index (χ1v) is 7.42. The summed E-state index contributed by atoms with van der Waals surface area (Å²) in [6.07, 6.45) is 7.52. The number of aryl methyl sites for hydroxylation is 1. The minimum atomic E-state index is 0.341. The summed E-state index contributed by atoms with van der Waals surface area (Å²) in [7, 11) is 0. The van der Waals surface area contributed by atoms with Gasteiger partial charge in [-0.1, -0.05) is 6.92 Å². The van der Waals surface area contributed by atoms with E-state index in [4.69, 9.17) is 0 Å². The first-order chi connectivity index (χ1) is 9.19. The van der Waals surface area contributed by atoms with Crippen molar-refractivity contribution in [2.45, 2.75) is 46.1 Å². The van der Waals surface area contributed by atoms with Crippen molar-refractivity contribution < 1.29 is 4.79 Å². The molecule has 1 aliphatic heterocycles. The lowest BCUT2D eigenvalue weighted by atomic mass is 9.84. The number of nitrogens with one attached hydrogen (secondary N) is 1. The van der Waals surface area contributed by atoms with Crippen LogP contribution in [0.4, 0.5) is 0 Å². The van der Waals surface area contributed by atoms with E-state index in [1.54, 1.807) is 0 Å². The highest BCUT2D eigenvalue weighted by Gasteiger charge is 2.22. The standard InChI is InChI=1S/C15H25N3O/c1-3-18-11-13(9-17-18)8-15(19)7-12(2)14-5-4-6-16-10-14/h9,11-12,14,16H,3-8,10H2,1-2H3. The molecule has 1 aromatic heterocycles. The van der Waals surface area contributed by atoms with Gasteiger partial charge in [-0.25, -0.2) is 0 Å². The number of carbonyl (C=O) groups is 1. The third-order valence-corrected chi connectivity index (χ3v) is 4.10. The third kappa shape index (κ3) is 4.16. The molecule has 2 heterocycles. The minimum Gasteiger partial charge on any atom is -0.316 e. The quantitative estimate of drug-likeness (QED) is 0.854. The Morgan fingerprint density at radius 2 is 2.47 bits per heavy atom. The van der Waals surface area contributed by atoms with E-state index in [-0.39, 0.29) is 0 Å². The topological polar surface area (TPSA) is 46.9 Å². The molecule has 0 radical (unpaired) electrons. The van der Waals surface area contributed by atoms with Crippen LogP contribution in [0.1, 0.15) is 38.7 Å². The van der Waals surface area contributed by atoms with Gasteiger partial charge in [0, 0.05) is 25.6 Å². The Labute approximate surface area is 115 Å². The lowest BCUT2D eigenvalue weighted by molar-refractivity contribution is -0.119. The number of carbonyl (C=O) groups excluding carboxylic acids is 1. The molecule has 0 aliphatic carbocycles. The SMILES string of the molecule is CCn1cc(CC(=O)CC(C)C2CCCNC2)cn1. The molecule has 0 saturated carbocycles. The number of hydrogen-bond acceptors (Lipinski definition) is 3. The molecule has 19 heavy (non-hydrogen) atoms. The van der Waals surface area contributed by atoms with Crippen molar-refractivity contribution >= 4 is 5.78 Å². The molecular weight excluding hydrogens is 238 g/mol. The second-order valence-electron chi connectivity index (χ2n) is 5.71. The zero-order valence-corrected chi connectivity index (χ0v) is 12.1. The molecule has 4 heteroatoms. The fraction of sp³-hybridized carbons (Fsp3) is 0.733. The van der Waals surface area contributed by atoms with Crippen LogP contribution in [-0.4, -0.2) is 28.7 Å². The fourth-order valence-electron chi connectivity index (χ4n) is 2.86. The molecule has 2 atom stereocenters. The second-order valence-corrected chi connectivity index (χ2v) is 5.71. The van der Waals surface area contributed by atoms with Crippen molar-refractivity contribution in [3.05, 3.63) is 18.0 Å². The van der Waals surface area contributed by atoms with Crippen LogP contribution in [0, 0.1) is 11.8 Å². The van der Waals surface area contributed by atoms with Crippen molar-refractivity contribution in [3.63, 3.8) is 0 Å². The Morgan fingerprint density at radius 1 is 1.63 bits per heavy atom. The van der Waals surface area contributed by atoms with Gasteiger partial charge in [-0.3, -0.25) is 9.48 Å². The van der Waals surface area contributed by atoms with Crippen molar-refractivity contribution in [1.29, 1.82) is 0 Å². The van der Waals surface area contributed by atoms with Gasteiger partial charge in [0.05, 0.1) is 6.20 Å². The van der Waals surface area contributed by atoms with Crippen LogP contribution in [-0.2, 0) is 17.8 Å². The van der Waals surface area contributed by atoms with Gasteiger partial charge >= 0.3 is 0 Å². The summed E-state index contributed by atoms with van der Waals surface area (Å²) in [4.78, 5) is 12.1. The number of Topliss-reactive ketones (excluding diaryl/α,β-unsaturated/α-hetero) is 1. The molecule has 4 nitrogen and oxygen atoms in total. The Morgan fingerprint density at radius 3 is 3.11 bits per heavy atom. The van der Waals surface area contributed by atoms with Gasteiger partial charge < -0.3 is 5.32 Å². The van der Waals surface area contributed by atoms with Crippen LogP contribution in [0.25, 0.3) is 0 Å². The van der Waals surface area contributed by atoms with E-state index in [9.17, 15) is 4.79 Å². The molecule has 0 spiro atoms. The van der Waals surface area contributed by atoms with Gasteiger partial charge in [-0.15, -0.1) is 0 Å². The van der Waals surface area contributed by atoms with E-state index in [0.29, 0.717) is 30.5 Å². The maximum atomic E-state index is 12.1. The Balaban J connectivity index is 1.79. The van der Waals surface area contributed by atoms with Gasteiger partial charge in [0.25, 0.3) is 0 Å². The van der Waals surface area contributed by atoms with Crippen molar-refractivity contribution in [1.82, 2.24) is 15.1 Å².